The Morgan fingerprint density at radius 2 is 2.00 bits per heavy atom. The molecule has 0 aliphatic heterocycles. The highest BCUT2D eigenvalue weighted by molar-refractivity contribution is 6.32. The fraction of sp³-hybridized carbons (Fsp3) is 0.308. The zero-order valence-corrected chi connectivity index (χ0v) is 11.8. The zero-order valence-electron chi connectivity index (χ0n) is 11.1. The molecule has 102 valence electrons. The molecule has 2 rings (SSSR count). The Morgan fingerprint density at radius 3 is 2.58 bits per heavy atom. The summed E-state index contributed by atoms with van der Waals surface area (Å²) in [5.74, 6) is 1.27. The molecule has 2 N–H and O–H groups in total. The number of halogens is 1. The third-order valence-electron chi connectivity index (χ3n) is 2.88. The van der Waals surface area contributed by atoms with Crippen molar-refractivity contribution >= 4 is 17.3 Å². The first-order valence-electron chi connectivity index (χ1n) is 5.80. The Hall–Kier alpha value is -1.88. The van der Waals surface area contributed by atoms with Gasteiger partial charge in [0, 0.05) is 23.9 Å². The molecule has 6 heteroatoms. The molecule has 0 aliphatic carbocycles. The van der Waals surface area contributed by atoms with Gasteiger partial charge in [-0.05, 0) is 13.0 Å². The molecule has 0 fully saturated rings. The van der Waals surface area contributed by atoms with Crippen molar-refractivity contribution in [1.82, 2.24) is 10.2 Å². The molecule has 1 aromatic heterocycles. The third kappa shape index (κ3) is 2.93. The summed E-state index contributed by atoms with van der Waals surface area (Å²) < 4.78 is 10.5. The van der Waals surface area contributed by atoms with Crippen LogP contribution >= 0.6 is 11.6 Å². The molecule has 0 atom stereocenters. The number of hydrogen-bond acceptors (Lipinski definition) is 4. The summed E-state index contributed by atoms with van der Waals surface area (Å²) in [6.07, 6.45) is 1.79. The predicted octanol–water partition coefficient (Wildman–Crippen LogP) is 3.00. The number of benzene rings is 1. The second-order valence-corrected chi connectivity index (χ2v) is 4.47. The molecule has 0 saturated carbocycles. The molecule has 0 radical (unpaired) electrons. The fourth-order valence-corrected chi connectivity index (χ4v) is 1.98. The maximum absolute atomic E-state index is 6.11. The third-order valence-corrected chi connectivity index (χ3v) is 3.17. The lowest BCUT2D eigenvalue weighted by Crippen LogP contribution is -2.02. The minimum Gasteiger partial charge on any atom is -0.495 e. The van der Waals surface area contributed by atoms with Crippen molar-refractivity contribution in [3.05, 3.63) is 34.6 Å². The molecular weight excluding hydrogens is 266 g/mol. The Balaban J connectivity index is 2.20. The van der Waals surface area contributed by atoms with E-state index >= 15 is 0 Å². The lowest BCUT2D eigenvalue weighted by atomic mass is 10.2. The first-order chi connectivity index (χ1) is 9.15. The largest absolute Gasteiger partial charge is 0.495 e. The van der Waals surface area contributed by atoms with Crippen molar-refractivity contribution in [2.75, 3.05) is 19.5 Å². The summed E-state index contributed by atoms with van der Waals surface area (Å²) in [6.45, 7) is 2.61. The van der Waals surface area contributed by atoms with Gasteiger partial charge in [-0.15, -0.1) is 0 Å². The molecule has 5 nitrogen and oxygen atoms in total. The van der Waals surface area contributed by atoms with Gasteiger partial charge < -0.3 is 14.8 Å². The molecule has 0 bridgehead atoms. The van der Waals surface area contributed by atoms with E-state index in [-0.39, 0.29) is 0 Å². The van der Waals surface area contributed by atoms with Crippen molar-refractivity contribution in [2.45, 2.75) is 13.5 Å². The number of aromatic amines is 1. The number of methoxy groups -OCH3 is 2. The molecule has 1 heterocycles. The van der Waals surface area contributed by atoms with Crippen molar-refractivity contribution in [1.29, 1.82) is 0 Å². The van der Waals surface area contributed by atoms with Gasteiger partial charge in [0.25, 0.3) is 0 Å². The highest BCUT2D eigenvalue weighted by Crippen LogP contribution is 2.36. The molecular formula is C13H16ClN3O2. The van der Waals surface area contributed by atoms with Gasteiger partial charge in [0.05, 0.1) is 31.1 Å². The summed E-state index contributed by atoms with van der Waals surface area (Å²) in [7, 11) is 3.18. The summed E-state index contributed by atoms with van der Waals surface area (Å²) in [4.78, 5) is 0. The standard InChI is InChI=1S/C13H16ClN3O2/c1-8-9(7-16-17-8)6-15-11-4-10(14)12(18-2)5-13(11)19-3/h4-5,7,15H,6H2,1-3H3,(H,16,17). The lowest BCUT2D eigenvalue weighted by molar-refractivity contribution is 0.395. The van der Waals surface area contributed by atoms with Gasteiger partial charge in [-0.25, -0.2) is 0 Å². The molecule has 2 aromatic rings. The van der Waals surface area contributed by atoms with E-state index in [2.05, 4.69) is 15.5 Å². The van der Waals surface area contributed by atoms with E-state index in [9.17, 15) is 0 Å². The first kappa shape index (κ1) is 13.5. The molecule has 19 heavy (non-hydrogen) atoms. The summed E-state index contributed by atoms with van der Waals surface area (Å²) in [5, 5.41) is 10.7. The highest BCUT2D eigenvalue weighted by atomic mass is 35.5. The van der Waals surface area contributed by atoms with Gasteiger partial charge in [0.1, 0.15) is 11.5 Å². The average molecular weight is 282 g/mol. The second-order valence-electron chi connectivity index (χ2n) is 4.06. The van der Waals surface area contributed by atoms with E-state index < -0.39 is 0 Å². The van der Waals surface area contributed by atoms with Gasteiger partial charge in [-0.2, -0.15) is 5.10 Å². The molecule has 0 aliphatic rings. The number of nitrogens with one attached hydrogen (secondary N) is 2. The molecule has 0 saturated heterocycles. The van der Waals surface area contributed by atoms with E-state index in [1.807, 2.05) is 6.92 Å². The van der Waals surface area contributed by atoms with E-state index in [1.165, 1.54) is 0 Å². The maximum Gasteiger partial charge on any atom is 0.145 e. The smallest absolute Gasteiger partial charge is 0.145 e. The SMILES string of the molecule is COc1cc(OC)c(NCc2cn[nH]c2C)cc1Cl. The van der Waals surface area contributed by atoms with Crippen LogP contribution < -0.4 is 14.8 Å². The van der Waals surface area contributed by atoms with Crippen molar-refractivity contribution in [3.63, 3.8) is 0 Å². The summed E-state index contributed by atoms with van der Waals surface area (Å²) in [6, 6.07) is 3.54. The number of ether oxygens (including phenoxy) is 2. The van der Waals surface area contributed by atoms with Crippen LogP contribution in [0.2, 0.25) is 5.02 Å². The van der Waals surface area contributed by atoms with Crippen molar-refractivity contribution in [3.8, 4) is 11.5 Å². The Bertz CT molecular complexity index is 569. The normalized spacial score (nSPS) is 10.3. The minimum atomic E-state index is 0.537. The average Bonchev–Trinajstić information content (AvgIpc) is 2.82. The van der Waals surface area contributed by atoms with Gasteiger partial charge in [0.2, 0.25) is 0 Å². The van der Waals surface area contributed by atoms with E-state index in [1.54, 1.807) is 32.5 Å². The van der Waals surface area contributed by atoms with E-state index in [4.69, 9.17) is 21.1 Å². The molecule has 0 spiro atoms. The number of aromatic nitrogens is 2. The number of aryl methyl sites for hydroxylation is 1. The minimum absolute atomic E-state index is 0.537. The zero-order chi connectivity index (χ0) is 13.8. The topological polar surface area (TPSA) is 59.2 Å². The second kappa shape index (κ2) is 5.84. The summed E-state index contributed by atoms with van der Waals surface area (Å²) >= 11 is 6.11. The Morgan fingerprint density at radius 1 is 1.26 bits per heavy atom. The van der Waals surface area contributed by atoms with E-state index in [0.717, 1.165) is 16.9 Å². The van der Waals surface area contributed by atoms with Crippen LogP contribution in [0.1, 0.15) is 11.3 Å². The van der Waals surface area contributed by atoms with Crippen molar-refractivity contribution < 1.29 is 9.47 Å². The lowest BCUT2D eigenvalue weighted by Gasteiger charge is -2.13. The number of rotatable bonds is 5. The van der Waals surface area contributed by atoms with Crippen LogP contribution in [0.4, 0.5) is 5.69 Å². The van der Waals surface area contributed by atoms with Crippen LogP contribution in [0.3, 0.4) is 0 Å². The Labute approximate surface area is 116 Å². The molecule has 0 unspecified atom stereocenters. The monoisotopic (exact) mass is 281 g/mol. The van der Waals surface area contributed by atoms with Crippen LogP contribution in [-0.2, 0) is 6.54 Å². The van der Waals surface area contributed by atoms with Gasteiger partial charge >= 0.3 is 0 Å². The van der Waals surface area contributed by atoms with Crippen LogP contribution in [0.15, 0.2) is 18.3 Å². The fourth-order valence-electron chi connectivity index (χ4n) is 1.74. The van der Waals surface area contributed by atoms with Crippen LogP contribution in [0, 0.1) is 6.92 Å². The molecule has 1 aromatic carbocycles. The number of anilines is 1. The molecule has 0 amide bonds. The highest BCUT2D eigenvalue weighted by Gasteiger charge is 2.10. The predicted molar refractivity (Wildman–Crippen MR) is 75.2 cm³/mol. The first-order valence-corrected chi connectivity index (χ1v) is 6.17. The van der Waals surface area contributed by atoms with Crippen LogP contribution in [-0.4, -0.2) is 24.4 Å². The number of H-pyrrole nitrogens is 1. The van der Waals surface area contributed by atoms with E-state index in [0.29, 0.717) is 23.1 Å². The van der Waals surface area contributed by atoms with Crippen LogP contribution in [0.5, 0.6) is 11.5 Å². The number of nitrogens with zero attached hydrogens (tertiary/aromatic N) is 1. The van der Waals surface area contributed by atoms with Crippen molar-refractivity contribution in [2.24, 2.45) is 0 Å². The quantitative estimate of drug-likeness (QED) is 0.884. The van der Waals surface area contributed by atoms with Gasteiger partial charge in [-0.3, -0.25) is 5.10 Å². The summed E-state index contributed by atoms with van der Waals surface area (Å²) in [5.41, 5.74) is 2.94. The maximum atomic E-state index is 6.11. The van der Waals surface area contributed by atoms with Gasteiger partial charge in [0.15, 0.2) is 0 Å². The Kier molecular flexibility index (Phi) is 4.16. The van der Waals surface area contributed by atoms with Gasteiger partial charge in [-0.1, -0.05) is 11.6 Å². The number of hydrogen-bond donors (Lipinski definition) is 2. The van der Waals surface area contributed by atoms with Crippen LogP contribution in [0.25, 0.3) is 0 Å².